The SMILES string of the molecule is CN(C1CCC(C)(C)CC1)C(CC(=N)N)c1ccccc1. The van der Waals surface area contributed by atoms with E-state index >= 15 is 0 Å². The van der Waals surface area contributed by atoms with E-state index in [0.29, 0.717) is 17.9 Å². The van der Waals surface area contributed by atoms with Gasteiger partial charge in [0.1, 0.15) is 0 Å². The van der Waals surface area contributed by atoms with Gasteiger partial charge in [-0.2, -0.15) is 0 Å². The number of nitrogens with zero attached hydrogens (tertiary/aromatic N) is 1. The predicted octanol–water partition coefficient (Wildman–Crippen LogP) is 3.95. The summed E-state index contributed by atoms with van der Waals surface area (Å²) in [7, 11) is 2.20. The van der Waals surface area contributed by atoms with Gasteiger partial charge in [-0.05, 0) is 43.7 Å². The van der Waals surface area contributed by atoms with E-state index in [1.807, 2.05) is 6.07 Å². The van der Waals surface area contributed by atoms with E-state index in [2.05, 4.69) is 50.1 Å². The number of nitrogens with one attached hydrogen (secondary N) is 1. The van der Waals surface area contributed by atoms with Crippen LogP contribution in [0.2, 0.25) is 0 Å². The molecule has 2 rings (SSSR count). The molecule has 21 heavy (non-hydrogen) atoms. The number of amidine groups is 1. The largest absolute Gasteiger partial charge is 0.388 e. The topological polar surface area (TPSA) is 53.1 Å². The summed E-state index contributed by atoms with van der Waals surface area (Å²) in [6.07, 6.45) is 5.66. The lowest BCUT2D eigenvalue weighted by Crippen LogP contribution is -2.40. The lowest BCUT2D eigenvalue weighted by Gasteiger charge is -2.42. The Balaban J connectivity index is 2.11. The van der Waals surface area contributed by atoms with Crippen molar-refractivity contribution in [2.24, 2.45) is 11.1 Å². The van der Waals surface area contributed by atoms with Crippen molar-refractivity contribution in [1.82, 2.24) is 4.90 Å². The van der Waals surface area contributed by atoms with Crippen LogP contribution in [0.25, 0.3) is 0 Å². The molecule has 1 aliphatic rings. The molecule has 0 bridgehead atoms. The lowest BCUT2D eigenvalue weighted by molar-refractivity contribution is 0.0961. The minimum Gasteiger partial charge on any atom is -0.388 e. The molecule has 1 saturated carbocycles. The van der Waals surface area contributed by atoms with E-state index in [-0.39, 0.29) is 11.9 Å². The molecule has 0 spiro atoms. The Kier molecular flexibility index (Phi) is 5.04. The van der Waals surface area contributed by atoms with Crippen LogP contribution in [0.4, 0.5) is 0 Å². The van der Waals surface area contributed by atoms with Crippen LogP contribution in [0.1, 0.15) is 57.6 Å². The Morgan fingerprint density at radius 1 is 1.29 bits per heavy atom. The van der Waals surface area contributed by atoms with Crippen LogP contribution in [0.3, 0.4) is 0 Å². The maximum Gasteiger partial charge on any atom is 0.0924 e. The molecule has 0 aromatic heterocycles. The average molecular weight is 287 g/mol. The lowest BCUT2D eigenvalue weighted by atomic mass is 9.75. The summed E-state index contributed by atoms with van der Waals surface area (Å²) in [4.78, 5) is 2.45. The average Bonchev–Trinajstić information content (AvgIpc) is 2.45. The van der Waals surface area contributed by atoms with Crippen molar-refractivity contribution in [2.75, 3.05) is 7.05 Å². The quantitative estimate of drug-likeness (QED) is 0.636. The molecule has 0 aliphatic heterocycles. The van der Waals surface area contributed by atoms with Gasteiger partial charge >= 0.3 is 0 Å². The molecule has 3 nitrogen and oxygen atoms in total. The molecule has 0 saturated heterocycles. The fourth-order valence-corrected chi connectivity index (χ4v) is 3.43. The van der Waals surface area contributed by atoms with Crippen molar-refractivity contribution in [3.05, 3.63) is 35.9 Å². The molecule has 0 heterocycles. The third-order valence-electron chi connectivity index (χ3n) is 4.97. The minimum absolute atomic E-state index is 0.218. The minimum atomic E-state index is 0.218. The van der Waals surface area contributed by atoms with Crippen LogP contribution >= 0.6 is 0 Å². The highest BCUT2D eigenvalue weighted by Crippen LogP contribution is 2.39. The summed E-state index contributed by atoms with van der Waals surface area (Å²) in [5.74, 6) is 0.270. The summed E-state index contributed by atoms with van der Waals surface area (Å²) >= 11 is 0. The van der Waals surface area contributed by atoms with Gasteiger partial charge in [0.25, 0.3) is 0 Å². The molecule has 1 fully saturated rings. The molecule has 3 N–H and O–H groups in total. The Hall–Kier alpha value is -1.35. The molecular formula is C18H29N3. The first kappa shape index (κ1) is 16.0. The van der Waals surface area contributed by atoms with E-state index in [0.717, 1.165) is 0 Å². The van der Waals surface area contributed by atoms with Gasteiger partial charge in [0.2, 0.25) is 0 Å². The summed E-state index contributed by atoms with van der Waals surface area (Å²) < 4.78 is 0. The van der Waals surface area contributed by atoms with Gasteiger partial charge in [-0.25, -0.2) is 0 Å². The maximum absolute atomic E-state index is 7.70. The third-order valence-corrected chi connectivity index (χ3v) is 4.97. The van der Waals surface area contributed by atoms with Crippen LogP contribution in [-0.2, 0) is 0 Å². The van der Waals surface area contributed by atoms with Gasteiger partial charge < -0.3 is 5.73 Å². The monoisotopic (exact) mass is 287 g/mol. The molecule has 1 aromatic rings. The third kappa shape index (κ3) is 4.31. The number of hydrogen-bond acceptors (Lipinski definition) is 2. The standard InChI is InChI=1S/C18H29N3/c1-18(2)11-9-15(10-12-18)21(3)16(13-17(19)20)14-7-5-4-6-8-14/h4-8,15-16H,9-13H2,1-3H3,(H3,19,20). The zero-order chi connectivity index (χ0) is 15.5. The zero-order valence-electron chi connectivity index (χ0n) is 13.6. The van der Waals surface area contributed by atoms with Crippen molar-refractivity contribution >= 4 is 5.84 Å². The normalized spacial score (nSPS) is 20.4. The maximum atomic E-state index is 7.70. The van der Waals surface area contributed by atoms with E-state index in [9.17, 15) is 0 Å². The van der Waals surface area contributed by atoms with Crippen molar-refractivity contribution in [2.45, 2.75) is 58.0 Å². The van der Waals surface area contributed by atoms with Gasteiger partial charge in [0, 0.05) is 18.5 Å². The van der Waals surface area contributed by atoms with Gasteiger partial charge in [-0.15, -0.1) is 0 Å². The molecule has 0 radical (unpaired) electrons. The van der Waals surface area contributed by atoms with Gasteiger partial charge in [-0.1, -0.05) is 44.2 Å². The first-order chi connectivity index (χ1) is 9.89. The van der Waals surface area contributed by atoms with E-state index in [1.165, 1.54) is 31.2 Å². The molecule has 1 aromatic carbocycles. The molecule has 3 heteroatoms. The fraction of sp³-hybridized carbons (Fsp3) is 0.611. The Labute approximate surface area is 129 Å². The number of hydrogen-bond donors (Lipinski definition) is 2. The van der Waals surface area contributed by atoms with E-state index in [4.69, 9.17) is 11.1 Å². The van der Waals surface area contributed by atoms with E-state index in [1.54, 1.807) is 0 Å². The van der Waals surface area contributed by atoms with E-state index < -0.39 is 0 Å². The molecule has 1 atom stereocenters. The molecule has 1 unspecified atom stereocenters. The second-order valence-electron chi connectivity index (χ2n) is 7.22. The van der Waals surface area contributed by atoms with Crippen molar-refractivity contribution in [3.63, 3.8) is 0 Å². The van der Waals surface area contributed by atoms with Crippen molar-refractivity contribution in [3.8, 4) is 0 Å². The summed E-state index contributed by atoms with van der Waals surface area (Å²) in [5.41, 5.74) is 7.45. The molecular weight excluding hydrogens is 258 g/mol. The first-order valence-electron chi connectivity index (χ1n) is 7.99. The van der Waals surface area contributed by atoms with Crippen molar-refractivity contribution < 1.29 is 0 Å². The van der Waals surface area contributed by atoms with Crippen LogP contribution < -0.4 is 5.73 Å². The fourth-order valence-electron chi connectivity index (χ4n) is 3.43. The second-order valence-corrected chi connectivity index (χ2v) is 7.22. The molecule has 116 valence electrons. The second kappa shape index (κ2) is 6.61. The van der Waals surface area contributed by atoms with Crippen LogP contribution in [0.5, 0.6) is 0 Å². The number of nitrogens with two attached hydrogens (primary N) is 1. The summed E-state index contributed by atoms with van der Waals surface area (Å²) in [6.45, 7) is 4.74. The molecule has 1 aliphatic carbocycles. The highest BCUT2D eigenvalue weighted by atomic mass is 15.2. The van der Waals surface area contributed by atoms with Crippen molar-refractivity contribution in [1.29, 1.82) is 5.41 Å². The first-order valence-corrected chi connectivity index (χ1v) is 7.99. The van der Waals surface area contributed by atoms with Gasteiger partial charge in [-0.3, -0.25) is 10.3 Å². The number of benzene rings is 1. The highest BCUT2D eigenvalue weighted by molar-refractivity contribution is 5.77. The number of rotatable bonds is 5. The van der Waals surface area contributed by atoms with Crippen LogP contribution in [0, 0.1) is 10.8 Å². The molecule has 0 amide bonds. The predicted molar refractivity (Wildman–Crippen MR) is 89.5 cm³/mol. The Morgan fingerprint density at radius 3 is 2.38 bits per heavy atom. The zero-order valence-corrected chi connectivity index (χ0v) is 13.6. The van der Waals surface area contributed by atoms with Crippen LogP contribution in [-0.4, -0.2) is 23.8 Å². The summed E-state index contributed by atoms with van der Waals surface area (Å²) in [5, 5.41) is 7.70. The summed E-state index contributed by atoms with van der Waals surface area (Å²) in [6, 6.07) is 11.3. The van der Waals surface area contributed by atoms with Gasteiger partial charge in [0.15, 0.2) is 0 Å². The smallest absolute Gasteiger partial charge is 0.0924 e. The van der Waals surface area contributed by atoms with Gasteiger partial charge in [0.05, 0.1) is 5.84 Å². The Bertz CT molecular complexity index is 457. The highest BCUT2D eigenvalue weighted by Gasteiger charge is 2.32. The van der Waals surface area contributed by atoms with Crippen LogP contribution in [0.15, 0.2) is 30.3 Å². The Morgan fingerprint density at radius 2 is 1.86 bits per heavy atom.